The van der Waals surface area contributed by atoms with E-state index in [1.165, 1.54) is 11.1 Å². The lowest BCUT2D eigenvalue weighted by Gasteiger charge is -2.26. The number of furan rings is 1. The summed E-state index contributed by atoms with van der Waals surface area (Å²) < 4.78 is 6.72. The third kappa shape index (κ3) is 7.08. The third-order valence-corrected chi connectivity index (χ3v) is 11.4. The van der Waals surface area contributed by atoms with Gasteiger partial charge < -0.3 is 9.32 Å². The molecule has 9 aromatic carbocycles. The highest BCUT2D eigenvalue weighted by Gasteiger charge is 2.20. The Hall–Kier alpha value is -8.41. The second-order valence-corrected chi connectivity index (χ2v) is 15.2. The van der Waals surface area contributed by atoms with Gasteiger partial charge in [0.05, 0.1) is 0 Å². The molecule has 0 radical (unpaired) electrons. The Labute approximate surface area is 359 Å². The first-order valence-electron chi connectivity index (χ1n) is 20.8. The highest BCUT2D eigenvalue weighted by atomic mass is 16.3. The van der Waals surface area contributed by atoms with Crippen molar-refractivity contribution in [1.29, 1.82) is 0 Å². The van der Waals surface area contributed by atoms with Crippen LogP contribution in [0.25, 0.3) is 89.5 Å². The quantitative estimate of drug-likeness (QED) is 0.146. The molecule has 0 unspecified atom stereocenters. The lowest BCUT2D eigenvalue weighted by molar-refractivity contribution is 0.669. The monoisotopic (exact) mass is 794 g/mol. The Morgan fingerprint density at radius 3 is 1.18 bits per heavy atom. The van der Waals surface area contributed by atoms with Gasteiger partial charge >= 0.3 is 0 Å². The van der Waals surface area contributed by atoms with Gasteiger partial charge in [0.1, 0.15) is 11.2 Å². The average Bonchev–Trinajstić information content (AvgIpc) is 3.74. The average molecular weight is 795 g/mol. The predicted molar refractivity (Wildman–Crippen MR) is 254 cm³/mol. The van der Waals surface area contributed by atoms with E-state index in [1.807, 2.05) is 60.7 Å². The zero-order valence-corrected chi connectivity index (χ0v) is 33.6. The van der Waals surface area contributed by atoms with Gasteiger partial charge in [-0.3, -0.25) is 0 Å². The van der Waals surface area contributed by atoms with Crippen molar-refractivity contribution in [2.45, 2.75) is 0 Å². The summed E-state index contributed by atoms with van der Waals surface area (Å²) in [5.41, 5.74) is 14.3. The van der Waals surface area contributed by atoms with E-state index in [2.05, 4.69) is 175 Å². The fraction of sp³-hybridized carbons (Fsp3) is 0. The number of aromatic nitrogens is 3. The smallest absolute Gasteiger partial charge is 0.164 e. The van der Waals surface area contributed by atoms with Crippen molar-refractivity contribution < 1.29 is 4.42 Å². The Morgan fingerprint density at radius 2 is 0.677 bits per heavy atom. The van der Waals surface area contributed by atoms with Crippen LogP contribution in [0.1, 0.15) is 0 Å². The summed E-state index contributed by atoms with van der Waals surface area (Å²) in [6.45, 7) is 0. The Balaban J connectivity index is 1.02. The maximum Gasteiger partial charge on any atom is 0.164 e. The first-order chi connectivity index (χ1) is 30.7. The van der Waals surface area contributed by atoms with Crippen LogP contribution in [-0.4, -0.2) is 15.0 Å². The molecule has 0 aliphatic heterocycles. The zero-order valence-electron chi connectivity index (χ0n) is 33.6. The van der Waals surface area contributed by atoms with E-state index >= 15 is 0 Å². The summed E-state index contributed by atoms with van der Waals surface area (Å²) in [5, 5.41) is 1.93. The molecule has 5 heteroatoms. The standard InChI is InChI=1S/C57H38N4O/c1-5-14-39(15-6-1)42-24-26-46(27-25-42)56-58-55(45-20-11-4-12-21-45)59-57(60-56)51-22-13-23-52-54(51)50-37-36-49(38-53(50)62-52)61(47-32-28-43(29-33-47)40-16-7-2-8-17-40)48-34-30-44(31-35-48)41-18-9-3-10-19-41/h1-38H. The summed E-state index contributed by atoms with van der Waals surface area (Å²) in [7, 11) is 0. The summed E-state index contributed by atoms with van der Waals surface area (Å²) in [6, 6.07) is 79.9. The molecule has 2 aromatic heterocycles. The minimum Gasteiger partial charge on any atom is -0.456 e. The van der Waals surface area contributed by atoms with Gasteiger partial charge in [0.15, 0.2) is 17.5 Å². The molecule has 0 aliphatic carbocycles. The molecule has 5 nitrogen and oxygen atoms in total. The molecule has 0 spiro atoms. The van der Waals surface area contributed by atoms with Crippen LogP contribution >= 0.6 is 0 Å². The normalized spacial score (nSPS) is 11.2. The second kappa shape index (κ2) is 16.0. The van der Waals surface area contributed by atoms with Gasteiger partial charge in [-0.05, 0) is 75.8 Å². The molecule has 0 amide bonds. The lowest BCUT2D eigenvalue weighted by Crippen LogP contribution is -2.09. The summed E-state index contributed by atoms with van der Waals surface area (Å²) in [6.07, 6.45) is 0. The van der Waals surface area contributed by atoms with Gasteiger partial charge in [0, 0.05) is 50.6 Å². The largest absolute Gasteiger partial charge is 0.456 e. The molecule has 62 heavy (non-hydrogen) atoms. The van der Waals surface area contributed by atoms with Gasteiger partial charge in [-0.2, -0.15) is 0 Å². The number of hydrogen-bond acceptors (Lipinski definition) is 5. The van der Waals surface area contributed by atoms with E-state index < -0.39 is 0 Å². The molecule has 0 saturated heterocycles. The van der Waals surface area contributed by atoms with E-state index in [1.54, 1.807) is 0 Å². The van der Waals surface area contributed by atoms with Gasteiger partial charge in [-0.25, -0.2) is 15.0 Å². The van der Waals surface area contributed by atoms with Crippen LogP contribution in [0.2, 0.25) is 0 Å². The maximum atomic E-state index is 6.72. The number of nitrogens with zero attached hydrogens (tertiary/aromatic N) is 4. The second-order valence-electron chi connectivity index (χ2n) is 15.2. The molecule has 0 aliphatic rings. The van der Waals surface area contributed by atoms with Crippen LogP contribution < -0.4 is 4.90 Å². The van der Waals surface area contributed by atoms with Gasteiger partial charge in [0.2, 0.25) is 0 Å². The summed E-state index contributed by atoms with van der Waals surface area (Å²) in [4.78, 5) is 17.6. The van der Waals surface area contributed by atoms with Crippen LogP contribution in [0.5, 0.6) is 0 Å². The zero-order chi connectivity index (χ0) is 41.2. The Bertz CT molecular complexity index is 3210. The van der Waals surface area contributed by atoms with E-state index in [0.717, 1.165) is 77.9 Å². The highest BCUT2D eigenvalue weighted by molar-refractivity contribution is 6.12. The number of anilines is 3. The van der Waals surface area contributed by atoms with Crippen molar-refractivity contribution in [2.24, 2.45) is 0 Å². The SMILES string of the molecule is c1ccc(-c2ccc(-c3nc(-c4ccccc4)nc(-c4cccc5oc6cc(N(c7ccc(-c8ccccc8)cc7)c7ccc(-c8ccccc8)cc7)ccc6c45)n3)cc2)cc1. The number of fused-ring (bicyclic) bond motifs is 3. The van der Waals surface area contributed by atoms with Crippen molar-refractivity contribution in [3.05, 3.63) is 231 Å². The van der Waals surface area contributed by atoms with E-state index in [0.29, 0.717) is 17.5 Å². The Kier molecular flexibility index (Phi) is 9.45. The highest BCUT2D eigenvalue weighted by Crippen LogP contribution is 2.42. The molecule has 0 N–H and O–H groups in total. The number of rotatable bonds is 9. The molecule has 0 fully saturated rings. The minimum absolute atomic E-state index is 0.581. The van der Waals surface area contributed by atoms with Gasteiger partial charge in [-0.1, -0.05) is 182 Å². The van der Waals surface area contributed by atoms with Crippen molar-refractivity contribution in [3.63, 3.8) is 0 Å². The number of hydrogen-bond donors (Lipinski definition) is 0. The first-order valence-corrected chi connectivity index (χ1v) is 20.8. The van der Waals surface area contributed by atoms with Crippen LogP contribution in [0.4, 0.5) is 17.1 Å². The van der Waals surface area contributed by atoms with Crippen molar-refractivity contribution in [2.75, 3.05) is 4.90 Å². The molecule has 0 bridgehead atoms. The predicted octanol–water partition coefficient (Wildman–Crippen LogP) is 15.2. The molecular weight excluding hydrogens is 757 g/mol. The van der Waals surface area contributed by atoms with Crippen LogP contribution in [0, 0.1) is 0 Å². The molecular formula is C57H38N4O. The first kappa shape index (κ1) is 36.7. The molecule has 0 atom stereocenters. The maximum absolute atomic E-state index is 6.72. The van der Waals surface area contributed by atoms with E-state index in [9.17, 15) is 0 Å². The van der Waals surface area contributed by atoms with Crippen molar-refractivity contribution in [3.8, 4) is 67.5 Å². The molecule has 11 aromatic rings. The fourth-order valence-corrected chi connectivity index (χ4v) is 8.24. The van der Waals surface area contributed by atoms with Crippen molar-refractivity contribution in [1.82, 2.24) is 15.0 Å². The fourth-order valence-electron chi connectivity index (χ4n) is 8.24. The summed E-state index contributed by atoms with van der Waals surface area (Å²) >= 11 is 0. The van der Waals surface area contributed by atoms with Gasteiger partial charge in [-0.15, -0.1) is 0 Å². The van der Waals surface area contributed by atoms with Crippen LogP contribution in [-0.2, 0) is 0 Å². The Morgan fingerprint density at radius 1 is 0.290 bits per heavy atom. The van der Waals surface area contributed by atoms with E-state index in [4.69, 9.17) is 19.4 Å². The van der Waals surface area contributed by atoms with Gasteiger partial charge in [0.25, 0.3) is 0 Å². The summed E-state index contributed by atoms with van der Waals surface area (Å²) in [5.74, 6) is 1.79. The van der Waals surface area contributed by atoms with Crippen LogP contribution in [0.3, 0.4) is 0 Å². The molecule has 0 saturated carbocycles. The minimum atomic E-state index is 0.581. The lowest BCUT2D eigenvalue weighted by atomic mass is 10.0. The number of benzene rings is 9. The van der Waals surface area contributed by atoms with Crippen molar-refractivity contribution >= 4 is 39.0 Å². The molecule has 11 rings (SSSR count). The van der Waals surface area contributed by atoms with E-state index in [-0.39, 0.29) is 0 Å². The molecule has 2 heterocycles. The van der Waals surface area contributed by atoms with Crippen LogP contribution in [0.15, 0.2) is 235 Å². The topological polar surface area (TPSA) is 55.1 Å². The third-order valence-electron chi connectivity index (χ3n) is 11.4. The molecule has 292 valence electrons.